The Bertz CT molecular complexity index is 1170. The lowest BCUT2D eigenvalue weighted by atomic mass is 10.0. The van der Waals surface area contributed by atoms with Crippen molar-refractivity contribution in [2.24, 2.45) is 0 Å². The molecule has 0 fully saturated rings. The molecular weight excluding hydrogens is 516 g/mol. The average molecular weight is 552 g/mol. The molecule has 0 radical (unpaired) electrons. The van der Waals surface area contributed by atoms with Crippen molar-refractivity contribution in [3.8, 4) is 5.75 Å². The molecular formula is C30H35BrN2O3. The van der Waals surface area contributed by atoms with Crippen LogP contribution in [0.5, 0.6) is 5.75 Å². The predicted octanol–water partition coefficient (Wildman–Crippen LogP) is 6.00. The minimum absolute atomic E-state index is 0.158. The number of hydrogen-bond acceptors (Lipinski definition) is 3. The monoisotopic (exact) mass is 550 g/mol. The van der Waals surface area contributed by atoms with Crippen molar-refractivity contribution in [3.63, 3.8) is 0 Å². The topological polar surface area (TPSA) is 58.6 Å². The van der Waals surface area contributed by atoms with Crippen molar-refractivity contribution in [1.82, 2.24) is 10.2 Å². The Hall–Kier alpha value is -3.12. The van der Waals surface area contributed by atoms with Crippen molar-refractivity contribution in [3.05, 3.63) is 99.5 Å². The number of nitrogens with zero attached hydrogens (tertiary/aromatic N) is 1. The van der Waals surface area contributed by atoms with E-state index in [4.69, 9.17) is 4.74 Å². The molecule has 3 aromatic carbocycles. The molecule has 0 aliphatic carbocycles. The van der Waals surface area contributed by atoms with Crippen LogP contribution in [0.25, 0.3) is 0 Å². The van der Waals surface area contributed by atoms with E-state index in [1.54, 1.807) is 4.90 Å². The number of carbonyl (C=O) groups excluding carboxylic acids is 2. The summed E-state index contributed by atoms with van der Waals surface area (Å²) in [5, 5.41) is 3.08. The highest BCUT2D eigenvalue weighted by Crippen LogP contribution is 2.21. The number of nitrogens with one attached hydrogen (secondary N) is 1. The summed E-state index contributed by atoms with van der Waals surface area (Å²) in [6, 6.07) is 22.8. The third kappa shape index (κ3) is 8.23. The van der Waals surface area contributed by atoms with Gasteiger partial charge in [-0.25, -0.2) is 0 Å². The number of amides is 2. The Kier molecular flexibility index (Phi) is 9.32. The second-order valence-electron chi connectivity index (χ2n) is 10.2. The van der Waals surface area contributed by atoms with Gasteiger partial charge in [-0.15, -0.1) is 0 Å². The van der Waals surface area contributed by atoms with Crippen LogP contribution in [0.15, 0.2) is 77.3 Å². The van der Waals surface area contributed by atoms with E-state index in [0.29, 0.717) is 12.2 Å². The van der Waals surface area contributed by atoms with Gasteiger partial charge in [-0.1, -0.05) is 70.5 Å². The Morgan fingerprint density at radius 1 is 0.944 bits per heavy atom. The lowest BCUT2D eigenvalue weighted by molar-refractivity contribution is -0.143. The van der Waals surface area contributed by atoms with Crippen molar-refractivity contribution >= 4 is 27.7 Å². The summed E-state index contributed by atoms with van der Waals surface area (Å²) < 4.78 is 6.92. The molecule has 0 unspecified atom stereocenters. The van der Waals surface area contributed by atoms with Crippen molar-refractivity contribution in [2.45, 2.75) is 59.2 Å². The first-order valence-corrected chi connectivity index (χ1v) is 12.9. The first kappa shape index (κ1) is 27.5. The summed E-state index contributed by atoms with van der Waals surface area (Å²) in [5.41, 5.74) is 3.49. The van der Waals surface area contributed by atoms with E-state index in [2.05, 4.69) is 21.2 Å². The van der Waals surface area contributed by atoms with Gasteiger partial charge in [0.1, 0.15) is 11.8 Å². The second-order valence-corrected chi connectivity index (χ2v) is 11.1. The molecule has 0 aliphatic heterocycles. The van der Waals surface area contributed by atoms with Gasteiger partial charge in [0.25, 0.3) is 5.91 Å². The molecule has 1 atom stereocenters. The molecule has 0 heterocycles. The first-order chi connectivity index (χ1) is 17.0. The molecule has 0 spiro atoms. The lowest BCUT2D eigenvalue weighted by Crippen LogP contribution is -2.55. The third-order valence-electron chi connectivity index (χ3n) is 5.73. The summed E-state index contributed by atoms with van der Waals surface area (Å²) in [4.78, 5) is 28.9. The van der Waals surface area contributed by atoms with E-state index in [1.165, 1.54) is 0 Å². The molecule has 0 saturated carbocycles. The number of benzene rings is 3. The van der Waals surface area contributed by atoms with Crippen molar-refractivity contribution in [2.75, 3.05) is 6.61 Å². The third-order valence-corrected chi connectivity index (χ3v) is 6.26. The normalized spacial score (nSPS) is 12.1. The van der Waals surface area contributed by atoms with Gasteiger partial charge in [-0.2, -0.15) is 0 Å². The van der Waals surface area contributed by atoms with Crippen LogP contribution in [0.1, 0.15) is 43.0 Å². The Labute approximate surface area is 223 Å². The number of rotatable bonds is 9. The highest BCUT2D eigenvalue weighted by atomic mass is 79.9. The van der Waals surface area contributed by atoms with Gasteiger partial charge in [0.05, 0.1) is 0 Å². The van der Waals surface area contributed by atoms with Crippen LogP contribution in [-0.4, -0.2) is 34.9 Å². The molecule has 3 aromatic rings. The van der Waals surface area contributed by atoms with Gasteiger partial charge in [0.15, 0.2) is 6.61 Å². The van der Waals surface area contributed by atoms with Gasteiger partial charge >= 0.3 is 0 Å². The van der Waals surface area contributed by atoms with Gasteiger partial charge in [-0.05, 0) is 75.1 Å². The number of carbonyl (C=O) groups is 2. The van der Waals surface area contributed by atoms with Gasteiger partial charge in [0, 0.05) is 23.0 Å². The quantitative estimate of drug-likeness (QED) is 0.355. The van der Waals surface area contributed by atoms with E-state index in [9.17, 15) is 9.59 Å². The minimum Gasteiger partial charge on any atom is -0.483 e. The maximum atomic E-state index is 13.7. The minimum atomic E-state index is -0.704. The molecule has 190 valence electrons. The van der Waals surface area contributed by atoms with Crippen LogP contribution in [0, 0.1) is 13.8 Å². The molecule has 6 heteroatoms. The van der Waals surface area contributed by atoms with Crippen LogP contribution in [0.4, 0.5) is 0 Å². The van der Waals surface area contributed by atoms with Gasteiger partial charge < -0.3 is 15.0 Å². The molecule has 36 heavy (non-hydrogen) atoms. The Morgan fingerprint density at radius 2 is 1.61 bits per heavy atom. The fourth-order valence-corrected chi connectivity index (χ4v) is 4.14. The summed E-state index contributed by atoms with van der Waals surface area (Å²) in [6.45, 7) is 9.89. The smallest absolute Gasteiger partial charge is 0.261 e. The van der Waals surface area contributed by atoms with Crippen LogP contribution in [-0.2, 0) is 22.6 Å². The van der Waals surface area contributed by atoms with Crippen LogP contribution < -0.4 is 10.1 Å². The zero-order valence-electron chi connectivity index (χ0n) is 21.7. The van der Waals surface area contributed by atoms with E-state index in [0.717, 1.165) is 26.7 Å². The molecule has 0 bridgehead atoms. The molecule has 0 saturated heterocycles. The molecule has 1 N–H and O–H groups in total. The summed E-state index contributed by atoms with van der Waals surface area (Å²) in [6.07, 6.45) is 0.397. The average Bonchev–Trinajstić information content (AvgIpc) is 2.82. The summed E-state index contributed by atoms with van der Waals surface area (Å²) in [7, 11) is 0. The van der Waals surface area contributed by atoms with Crippen molar-refractivity contribution in [1.29, 1.82) is 0 Å². The fraction of sp³-hybridized carbons (Fsp3) is 0.333. The first-order valence-electron chi connectivity index (χ1n) is 12.1. The van der Waals surface area contributed by atoms with Crippen LogP contribution in [0.2, 0.25) is 0 Å². The van der Waals surface area contributed by atoms with Gasteiger partial charge in [-0.3, -0.25) is 9.59 Å². The summed E-state index contributed by atoms with van der Waals surface area (Å²) >= 11 is 3.47. The fourth-order valence-electron chi connectivity index (χ4n) is 3.88. The molecule has 0 aromatic heterocycles. The molecule has 2 amide bonds. The van der Waals surface area contributed by atoms with E-state index in [-0.39, 0.29) is 25.0 Å². The SMILES string of the molecule is Cc1ccc(C)c(OCC(=O)N(Cc2ccc(Br)cc2)[C@@H](Cc2ccccc2)C(=O)NC(C)(C)C)c1. The highest BCUT2D eigenvalue weighted by molar-refractivity contribution is 9.10. The number of halogens is 1. The molecule has 0 aliphatic rings. The van der Waals surface area contributed by atoms with Crippen LogP contribution in [0.3, 0.4) is 0 Å². The highest BCUT2D eigenvalue weighted by Gasteiger charge is 2.32. The lowest BCUT2D eigenvalue weighted by Gasteiger charge is -2.33. The van der Waals surface area contributed by atoms with E-state index in [1.807, 2.05) is 107 Å². The second kappa shape index (κ2) is 12.2. The number of ether oxygens (including phenoxy) is 1. The number of hydrogen-bond donors (Lipinski definition) is 1. The largest absolute Gasteiger partial charge is 0.483 e. The van der Waals surface area contributed by atoms with Crippen LogP contribution >= 0.6 is 15.9 Å². The predicted molar refractivity (Wildman–Crippen MR) is 148 cm³/mol. The van der Waals surface area contributed by atoms with E-state index >= 15 is 0 Å². The maximum Gasteiger partial charge on any atom is 0.261 e. The summed E-state index contributed by atoms with van der Waals surface area (Å²) in [5.74, 6) is 0.234. The van der Waals surface area contributed by atoms with Gasteiger partial charge in [0.2, 0.25) is 5.91 Å². The standard InChI is InChI=1S/C30H35BrN2O3/c1-21-11-12-22(2)27(17-21)36-20-28(34)33(19-24-13-15-25(31)16-14-24)26(29(35)32-30(3,4)5)18-23-9-7-6-8-10-23/h6-17,26H,18-20H2,1-5H3,(H,32,35)/t26-/m0/s1. The molecule has 3 rings (SSSR count). The zero-order chi connectivity index (χ0) is 26.3. The number of aryl methyl sites for hydroxylation is 2. The van der Waals surface area contributed by atoms with Crippen molar-refractivity contribution < 1.29 is 14.3 Å². The maximum absolute atomic E-state index is 13.7. The Balaban J connectivity index is 1.94. The van der Waals surface area contributed by atoms with E-state index < -0.39 is 11.6 Å². The molecule has 5 nitrogen and oxygen atoms in total. The Morgan fingerprint density at radius 3 is 2.25 bits per heavy atom. The zero-order valence-corrected chi connectivity index (χ0v) is 23.3.